The number of H-pyrrole nitrogens is 1. The van der Waals surface area contributed by atoms with E-state index in [2.05, 4.69) is 19.5 Å². The molecule has 0 unspecified atom stereocenters. The van der Waals surface area contributed by atoms with Gasteiger partial charge >= 0.3 is 0 Å². The minimum atomic E-state index is -0.206. The van der Waals surface area contributed by atoms with Crippen molar-refractivity contribution in [2.75, 3.05) is 0 Å². The molecular weight excluding hydrogens is 327 g/mol. The summed E-state index contributed by atoms with van der Waals surface area (Å²) in [5.74, 6) is -0.206. The molecule has 0 saturated carbocycles. The van der Waals surface area contributed by atoms with Crippen LogP contribution in [0.15, 0.2) is 67.4 Å². The number of nitrogens with one attached hydrogen (secondary N) is 1. The summed E-state index contributed by atoms with van der Waals surface area (Å²) in [5, 5.41) is 0. The average Bonchev–Trinajstić information content (AvgIpc) is 3.32. The van der Waals surface area contributed by atoms with Crippen molar-refractivity contribution >= 4 is 0 Å². The van der Waals surface area contributed by atoms with E-state index in [4.69, 9.17) is 0 Å². The molecule has 4 aromatic rings. The SMILES string of the molecule is Cc1ccc(-c2c(-c3ccccc3)ncn2CCc2cnc[nH]2)cc1F. The molecule has 4 rings (SSSR count). The summed E-state index contributed by atoms with van der Waals surface area (Å²) in [4.78, 5) is 11.8. The average molecular weight is 346 g/mol. The standard InChI is InChI=1S/C21H19FN4/c1-15-7-8-17(11-19(15)22)21-20(16-5-3-2-4-6-16)25-14-26(21)10-9-18-12-23-13-24-18/h2-8,11-14H,9-10H2,1H3,(H,23,24). The summed E-state index contributed by atoms with van der Waals surface area (Å²) >= 11 is 0. The second-order valence-corrected chi connectivity index (χ2v) is 6.29. The molecule has 0 fully saturated rings. The van der Waals surface area contributed by atoms with Crippen molar-refractivity contribution in [1.29, 1.82) is 0 Å². The number of halogens is 1. The molecule has 130 valence electrons. The van der Waals surface area contributed by atoms with Gasteiger partial charge in [-0.05, 0) is 18.6 Å². The normalized spacial score (nSPS) is 11.0. The number of hydrogen-bond acceptors (Lipinski definition) is 2. The van der Waals surface area contributed by atoms with Gasteiger partial charge in [0.1, 0.15) is 5.82 Å². The van der Waals surface area contributed by atoms with Gasteiger partial charge < -0.3 is 9.55 Å². The van der Waals surface area contributed by atoms with Gasteiger partial charge in [0.2, 0.25) is 0 Å². The molecule has 0 aliphatic rings. The Balaban J connectivity index is 1.78. The topological polar surface area (TPSA) is 46.5 Å². The molecule has 0 aliphatic heterocycles. The second kappa shape index (κ2) is 6.96. The number of aromatic nitrogens is 4. The molecule has 26 heavy (non-hydrogen) atoms. The highest BCUT2D eigenvalue weighted by Gasteiger charge is 2.16. The molecular formula is C21H19FN4. The van der Waals surface area contributed by atoms with E-state index in [0.717, 1.165) is 41.2 Å². The Morgan fingerprint density at radius 3 is 2.65 bits per heavy atom. The lowest BCUT2D eigenvalue weighted by atomic mass is 10.0. The molecule has 2 aromatic heterocycles. The van der Waals surface area contributed by atoms with Crippen LogP contribution in [-0.2, 0) is 13.0 Å². The van der Waals surface area contributed by atoms with Gasteiger partial charge in [0, 0.05) is 36.0 Å². The van der Waals surface area contributed by atoms with Gasteiger partial charge in [-0.2, -0.15) is 0 Å². The van der Waals surface area contributed by atoms with E-state index in [1.54, 1.807) is 19.3 Å². The van der Waals surface area contributed by atoms with E-state index < -0.39 is 0 Å². The lowest BCUT2D eigenvalue weighted by Gasteiger charge is -2.11. The Bertz CT molecular complexity index is 1000. The predicted molar refractivity (Wildman–Crippen MR) is 100 cm³/mol. The van der Waals surface area contributed by atoms with Crippen LogP contribution in [0.5, 0.6) is 0 Å². The van der Waals surface area contributed by atoms with E-state index in [1.807, 2.05) is 55.0 Å². The molecule has 0 bridgehead atoms. The van der Waals surface area contributed by atoms with E-state index in [-0.39, 0.29) is 5.82 Å². The molecule has 2 aromatic carbocycles. The maximum absolute atomic E-state index is 14.2. The lowest BCUT2D eigenvalue weighted by Crippen LogP contribution is -2.03. The third-order valence-corrected chi connectivity index (χ3v) is 4.51. The Morgan fingerprint density at radius 1 is 1.08 bits per heavy atom. The number of rotatable bonds is 5. The molecule has 4 nitrogen and oxygen atoms in total. The fraction of sp³-hybridized carbons (Fsp3) is 0.143. The molecule has 0 saturated heterocycles. The van der Waals surface area contributed by atoms with Crippen LogP contribution in [0.2, 0.25) is 0 Å². The summed E-state index contributed by atoms with van der Waals surface area (Å²) in [6.07, 6.45) is 6.12. The molecule has 2 heterocycles. The first-order valence-corrected chi connectivity index (χ1v) is 8.56. The van der Waals surface area contributed by atoms with Crippen molar-refractivity contribution in [2.45, 2.75) is 19.9 Å². The van der Waals surface area contributed by atoms with E-state index in [9.17, 15) is 4.39 Å². The van der Waals surface area contributed by atoms with E-state index in [0.29, 0.717) is 5.56 Å². The summed E-state index contributed by atoms with van der Waals surface area (Å²) in [5.41, 5.74) is 5.32. The number of benzene rings is 2. The van der Waals surface area contributed by atoms with Crippen molar-refractivity contribution in [3.05, 3.63) is 84.5 Å². The molecule has 0 radical (unpaired) electrons. The summed E-state index contributed by atoms with van der Waals surface area (Å²) in [6.45, 7) is 2.50. The maximum Gasteiger partial charge on any atom is 0.126 e. The predicted octanol–water partition coefficient (Wildman–Crippen LogP) is 4.63. The van der Waals surface area contributed by atoms with Crippen LogP contribution in [-0.4, -0.2) is 19.5 Å². The smallest absolute Gasteiger partial charge is 0.126 e. The molecule has 5 heteroatoms. The molecule has 1 N–H and O–H groups in total. The van der Waals surface area contributed by atoms with Crippen LogP contribution in [0, 0.1) is 12.7 Å². The summed E-state index contributed by atoms with van der Waals surface area (Å²) in [7, 11) is 0. The van der Waals surface area contributed by atoms with Gasteiger partial charge in [0.25, 0.3) is 0 Å². The van der Waals surface area contributed by atoms with E-state index >= 15 is 0 Å². The number of imidazole rings is 2. The first-order valence-electron chi connectivity index (χ1n) is 8.56. The molecule has 0 aliphatic carbocycles. The largest absolute Gasteiger partial charge is 0.348 e. The van der Waals surface area contributed by atoms with Gasteiger partial charge in [0.05, 0.1) is 24.0 Å². The first-order chi connectivity index (χ1) is 12.7. The van der Waals surface area contributed by atoms with Crippen LogP contribution >= 0.6 is 0 Å². The zero-order chi connectivity index (χ0) is 17.9. The quantitative estimate of drug-likeness (QED) is 0.573. The van der Waals surface area contributed by atoms with Crippen LogP contribution in [0.3, 0.4) is 0 Å². The fourth-order valence-electron chi connectivity index (χ4n) is 3.06. The van der Waals surface area contributed by atoms with Crippen molar-refractivity contribution < 1.29 is 4.39 Å². The molecule has 0 amide bonds. The highest BCUT2D eigenvalue weighted by molar-refractivity contribution is 5.78. The lowest BCUT2D eigenvalue weighted by molar-refractivity contribution is 0.618. The highest BCUT2D eigenvalue weighted by atomic mass is 19.1. The number of hydrogen-bond donors (Lipinski definition) is 1. The van der Waals surface area contributed by atoms with Gasteiger partial charge in [-0.25, -0.2) is 14.4 Å². The summed E-state index contributed by atoms with van der Waals surface area (Å²) < 4.78 is 16.3. The van der Waals surface area contributed by atoms with Crippen LogP contribution in [0.4, 0.5) is 4.39 Å². The van der Waals surface area contributed by atoms with Crippen molar-refractivity contribution in [3.8, 4) is 22.5 Å². The highest BCUT2D eigenvalue weighted by Crippen LogP contribution is 2.32. The minimum Gasteiger partial charge on any atom is -0.348 e. The minimum absolute atomic E-state index is 0.206. The zero-order valence-electron chi connectivity index (χ0n) is 14.5. The second-order valence-electron chi connectivity index (χ2n) is 6.29. The van der Waals surface area contributed by atoms with Gasteiger partial charge in [0.15, 0.2) is 0 Å². The Morgan fingerprint density at radius 2 is 1.92 bits per heavy atom. The Hall–Kier alpha value is -3.21. The molecule has 0 spiro atoms. The third kappa shape index (κ3) is 3.16. The number of nitrogens with zero attached hydrogens (tertiary/aromatic N) is 3. The van der Waals surface area contributed by atoms with Crippen LogP contribution in [0.25, 0.3) is 22.5 Å². The van der Waals surface area contributed by atoms with Gasteiger partial charge in [-0.15, -0.1) is 0 Å². The Kier molecular flexibility index (Phi) is 4.35. The van der Waals surface area contributed by atoms with Crippen molar-refractivity contribution in [1.82, 2.24) is 19.5 Å². The number of aromatic amines is 1. The summed E-state index contributed by atoms with van der Waals surface area (Å²) in [6, 6.07) is 15.3. The third-order valence-electron chi connectivity index (χ3n) is 4.51. The first kappa shape index (κ1) is 16.3. The monoisotopic (exact) mass is 346 g/mol. The Labute approximate surface area is 151 Å². The van der Waals surface area contributed by atoms with Gasteiger partial charge in [-0.3, -0.25) is 0 Å². The maximum atomic E-state index is 14.2. The number of aryl methyl sites for hydroxylation is 3. The fourth-order valence-corrected chi connectivity index (χ4v) is 3.06. The van der Waals surface area contributed by atoms with Crippen LogP contribution < -0.4 is 0 Å². The molecule has 0 atom stereocenters. The zero-order valence-corrected chi connectivity index (χ0v) is 14.5. The van der Waals surface area contributed by atoms with Gasteiger partial charge in [-0.1, -0.05) is 42.5 Å². The van der Waals surface area contributed by atoms with Crippen LogP contribution in [0.1, 0.15) is 11.3 Å². The van der Waals surface area contributed by atoms with E-state index in [1.165, 1.54) is 0 Å². The van der Waals surface area contributed by atoms with Crippen molar-refractivity contribution in [3.63, 3.8) is 0 Å². The van der Waals surface area contributed by atoms with Crippen molar-refractivity contribution in [2.24, 2.45) is 0 Å².